The monoisotopic (exact) mass is 492 g/mol. The molecule has 3 aliphatic heterocycles. The highest BCUT2D eigenvalue weighted by molar-refractivity contribution is 5.89. The van der Waals surface area contributed by atoms with Gasteiger partial charge in [-0.15, -0.1) is 0 Å². The number of hydrogen-bond donors (Lipinski definition) is 3. The molecule has 2 aromatic carbocycles. The smallest absolute Gasteiger partial charge is 0.220 e. The Morgan fingerprint density at radius 3 is 2.58 bits per heavy atom. The van der Waals surface area contributed by atoms with Gasteiger partial charge in [0.1, 0.15) is 29.2 Å². The van der Waals surface area contributed by atoms with Gasteiger partial charge in [-0.25, -0.2) is 5.43 Å². The Morgan fingerprint density at radius 2 is 1.83 bits per heavy atom. The highest BCUT2D eigenvalue weighted by Crippen LogP contribution is 2.34. The van der Waals surface area contributed by atoms with E-state index in [9.17, 15) is 4.79 Å². The van der Waals surface area contributed by atoms with E-state index in [0.717, 1.165) is 23.6 Å². The van der Waals surface area contributed by atoms with Crippen LogP contribution in [0.4, 0.5) is 0 Å². The van der Waals surface area contributed by atoms with E-state index in [1.54, 1.807) is 21.3 Å². The number of benzene rings is 2. The average Bonchev–Trinajstić information content (AvgIpc) is 3.54. The van der Waals surface area contributed by atoms with Crippen molar-refractivity contribution in [3.05, 3.63) is 66.0 Å². The number of hydrogen-bond acceptors (Lipinski definition) is 9. The van der Waals surface area contributed by atoms with E-state index in [-0.39, 0.29) is 24.2 Å². The zero-order valence-electron chi connectivity index (χ0n) is 20.7. The third-order valence-electron chi connectivity index (χ3n) is 6.88. The van der Waals surface area contributed by atoms with Crippen molar-refractivity contribution >= 4 is 11.7 Å². The molecule has 3 heterocycles. The Bertz CT molecular complexity index is 1150. The first-order valence-electron chi connectivity index (χ1n) is 12.0. The average molecular weight is 493 g/mol. The highest BCUT2D eigenvalue weighted by Gasteiger charge is 2.44. The molecule has 0 radical (unpaired) electrons. The minimum Gasteiger partial charge on any atom is -0.497 e. The fraction of sp³-hybridized carbons (Fsp3) is 0.385. The zero-order valence-corrected chi connectivity index (χ0v) is 20.7. The van der Waals surface area contributed by atoms with Crippen LogP contribution in [0, 0.1) is 0 Å². The lowest BCUT2D eigenvalue weighted by atomic mass is 9.99. The van der Waals surface area contributed by atoms with Crippen LogP contribution in [0.5, 0.6) is 17.2 Å². The fourth-order valence-electron chi connectivity index (χ4n) is 4.87. The molecule has 3 aliphatic rings. The summed E-state index contributed by atoms with van der Waals surface area (Å²) in [6.07, 6.45) is 5.90. The van der Waals surface area contributed by atoms with E-state index >= 15 is 0 Å². The first-order chi connectivity index (χ1) is 17.6. The molecule has 0 aliphatic carbocycles. The molecule has 3 atom stereocenters. The van der Waals surface area contributed by atoms with Crippen molar-refractivity contribution in [1.82, 2.24) is 26.1 Å². The second-order valence-electron chi connectivity index (χ2n) is 8.93. The number of rotatable bonds is 9. The summed E-state index contributed by atoms with van der Waals surface area (Å²) in [5, 5.41) is 9.68. The molecule has 5 rings (SSSR count). The summed E-state index contributed by atoms with van der Waals surface area (Å²) in [5.74, 6) is 3.07. The van der Waals surface area contributed by atoms with Gasteiger partial charge in [0, 0.05) is 43.4 Å². The number of nitrogens with one attached hydrogen (secondary N) is 3. The van der Waals surface area contributed by atoms with Crippen LogP contribution < -0.4 is 30.4 Å². The molecule has 3 N–H and O–H groups in total. The number of carbonyl (C=O) groups is 1. The first kappa shape index (κ1) is 23.8. The van der Waals surface area contributed by atoms with Crippen LogP contribution in [0.25, 0.3) is 0 Å². The largest absolute Gasteiger partial charge is 0.497 e. The van der Waals surface area contributed by atoms with Crippen LogP contribution in [0.15, 0.2) is 60.0 Å². The van der Waals surface area contributed by atoms with Crippen LogP contribution in [-0.2, 0) is 11.3 Å². The van der Waals surface area contributed by atoms with E-state index < -0.39 is 0 Å². The summed E-state index contributed by atoms with van der Waals surface area (Å²) in [4.78, 5) is 14.7. The minimum absolute atomic E-state index is 0.0207. The van der Waals surface area contributed by atoms with E-state index in [4.69, 9.17) is 14.2 Å². The van der Waals surface area contributed by atoms with Gasteiger partial charge in [-0.1, -0.05) is 12.1 Å². The van der Waals surface area contributed by atoms with E-state index in [1.165, 1.54) is 5.56 Å². The summed E-state index contributed by atoms with van der Waals surface area (Å²) < 4.78 is 15.9. The van der Waals surface area contributed by atoms with Gasteiger partial charge in [0.2, 0.25) is 5.91 Å². The maximum atomic E-state index is 12.6. The molecule has 1 saturated heterocycles. The maximum Gasteiger partial charge on any atom is 0.220 e. The second kappa shape index (κ2) is 10.4. The summed E-state index contributed by atoms with van der Waals surface area (Å²) in [6.45, 7) is 0.387. The molecule has 2 aromatic rings. The molecule has 0 bridgehead atoms. The number of hydrazone groups is 1. The SMILES string of the molecule is COc1ccc(C2CC3C4NN=C(CCC(=O)NCc5ccc(OC)cc5OC)N4C=CN3N2)cc1. The predicted molar refractivity (Wildman–Crippen MR) is 135 cm³/mol. The first-order valence-corrected chi connectivity index (χ1v) is 12.0. The predicted octanol–water partition coefficient (Wildman–Crippen LogP) is 2.46. The van der Waals surface area contributed by atoms with Crippen LogP contribution in [0.3, 0.4) is 0 Å². The van der Waals surface area contributed by atoms with Crippen LogP contribution in [-0.4, -0.2) is 55.2 Å². The molecule has 1 amide bonds. The van der Waals surface area contributed by atoms with E-state index in [1.807, 2.05) is 42.7 Å². The van der Waals surface area contributed by atoms with Gasteiger partial charge in [-0.2, -0.15) is 5.10 Å². The maximum absolute atomic E-state index is 12.6. The zero-order chi connectivity index (χ0) is 25.1. The normalized spacial score (nSPS) is 21.9. The van der Waals surface area contributed by atoms with Gasteiger partial charge < -0.3 is 29.4 Å². The van der Waals surface area contributed by atoms with Gasteiger partial charge in [-0.05, 0) is 36.2 Å². The molecule has 10 heteroatoms. The third kappa shape index (κ3) is 4.76. The topological polar surface area (TPSA) is 99.7 Å². The summed E-state index contributed by atoms with van der Waals surface area (Å²) in [5.41, 5.74) is 8.97. The number of amides is 1. The molecule has 0 saturated carbocycles. The van der Waals surface area contributed by atoms with Crippen molar-refractivity contribution in [3.8, 4) is 17.2 Å². The van der Waals surface area contributed by atoms with Gasteiger partial charge in [-0.3, -0.25) is 10.2 Å². The molecule has 190 valence electrons. The minimum atomic E-state index is -0.0382. The van der Waals surface area contributed by atoms with Crippen molar-refractivity contribution in [2.75, 3.05) is 21.3 Å². The molecule has 0 aromatic heterocycles. The lowest BCUT2D eigenvalue weighted by molar-refractivity contribution is -0.121. The van der Waals surface area contributed by atoms with Gasteiger partial charge in [0.05, 0.1) is 33.4 Å². The molecule has 3 unspecified atom stereocenters. The molecular weight excluding hydrogens is 460 g/mol. The number of fused-ring (bicyclic) bond motifs is 3. The summed E-state index contributed by atoms with van der Waals surface area (Å²) in [6, 6.07) is 14.1. The Morgan fingerprint density at radius 1 is 1.06 bits per heavy atom. The number of amidine groups is 1. The summed E-state index contributed by atoms with van der Waals surface area (Å²) >= 11 is 0. The van der Waals surface area contributed by atoms with Gasteiger partial charge in [0.25, 0.3) is 0 Å². The Hall–Kier alpha value is -3.92. The summed E-state index contributed by atoms with van der Waals surface area (Å²) in [7, 11) is 4.89. The van der Waals surface area contributed by atoms with Crippen molar-refractivity contribution in [2.45, 2.75) is 44.1 Å². The van der Waals surface area contributed by atoms with Gasteiger partial charge >= 0.3 is 0 Å². The quantitative estimate of drug-likeness (QED) is 0.491. The molecule has 10 nitrogen and oxygen atoms in total. The number of methoxy groups -OCH3 is 3. The molecule has 0 spiro atoms. The molecule has 1 fully saturated rings. The Kier molecular flexibility index (Phi) is 6.86. The van der Waals surface area contributed by atoms with Crippen molar-refractivity contribution < 1.29 is 19.0 Å². The number of hydrazine groups is 1. The van der Waals surface area contributed by atoms with E-state index in [2.05, 4.69) is 43.3 Å². The second-order valence-corrected chi connectivity index (χ2v) is 8.93. The van der Waals surface area contributed by atoms with Crippen molar-refractivity contribution in [2.24, 2.45) is 5.10 Å². The standard InChI is InChI=1S/C26H32N6O4/c1-34-19-7-4-17(5-8-19)21-15-22-26-29-28-24(31(26)12-13-32(22)30-21)10-11-25(33)27-16-18-6-9-20(35-2)14-23(18)36-3/h4-9,12-14,21-22,26,29-30H,10-11,15-16H2,1-3H3,(H,27,33). The molecule has 36 heavy (non-hydrogen) atoms. The fourth-order valence-corrected chi connectivity index (χ4v) is 4.87. The number of carbonyl (C=O) groups excluding carboxylic acids is 1. The third-order valence-corrected chi connectivity index (χ3v) is 6.88. The Balaban J connectivity index is 1.13. The lowest BCUT2D eigenvalue weighted by Crippen LogP contribution is -2.54. The van der Waals surface area contributed by atoms with Crippen molar-refractivity contribution in [1.29, 1.82) is 0 Å². The Labute approximate surface area is 210 Å². The van der Waals surface area contributed by atoms with Gasteiger partial charge in [0.15, 0.2) is 0 Å². The lowest BCUT2D eigenvalue weighted by Gasteiger charge is -2.37. The van der Waals surface area contributed by atoms with Crippen molar-refractivity contribution in [3.63, 3.8) is 0 Å². The highest BCUT2D eigenvalue weighted by atomic mass is 16.5. The van der Waals surface area contributed by atoms with E-state index in [0.29, 0.717) is 30.9 Å². The number of ether oxygens (including phenoxy) is 3. The van der Waals surface area contributed by atoms with Crippen LogP contribution in [0.2, 0.25) is 0 Å². The van der Waals surface area contributed by atoms with Crippen LogP contribution in [0.1, 0.15) is 36.4 Å². The van der Waals surface area contributed by atoms with Crippen LogP contribution >= 0.6 is 0 Å². The molecular formula is C26H32N6O4. The number of nitrogens with zero attached hydrogens (tertiary/aromatic N) is 3.